The van der Waals surface area contributed by atoms with Gasteiger partial charge in [-0.05, 0) is 48.1 Å². The van der Waals surface area contributed by atoms with Crippen LogP contribution in [-0.2, 0) is 4.79 Å². The highest BCUT2D eigenvalue weighted by Gasteiger charge is 2.28. The molecule has 4 rings (SSSR count). The average molecular weight is 447 g/mol. The number of nitrogens with two attached hydrogens (primary N) is 1. The zero-order chi connectivity index (χ0) is 22.5. The van der Waals surface area contributed by atoms with Crippen LogP contribution in [0.25, 0.3) is 11.1 Å². The number of carbonyl (C=O) groups excluding carboxylic acids is 2. The van der Waals surface area contributed by atoms with E-state index in [4.69, 9.17) is 21.8 Å². The van der Waals surface area contributed by atoms with E-state index >= 15 is 0 Å². The lowest BCUT2D eigenvalue weighted by Crippen LogP contribution is -2.18. The number of nitrogens with zero attached hydrogens (tertiary/aromatic N) is 1. The third-order valence-electron chi connectivity index (χ3n) is 5.62. The molecule has 6 heteroatoms. The van der Waals surface area contributed by atoms with Gasteiger partial charge in [-0.2, -0.15) is 0 Å². The largest absolute Gasteiger partial charge is 0.434 e. The van der Waals surface area contributed by atoms with Crippen molar-refractivity contribution in [2.45, 2.75) is 31.1 Å². The molecule has 32 heavy (non-hydrogen) atoms. The van der Waals surface area contributed by atoms with Crippen LogP contribution >= 0.6 is 11.6 Å². The number of hydrogen-bond acceptors (Lipinski definition) is 4. The molecule has 4 aromatic rings. The van der Waals surface area contributed by atoms with Gasteiger partial charge < -0.3 is 10.2 Å². The smallest absolute Gasteiger partial charge is 0.264 e. The lowest BCUT2D eigenvalue weighted by atomic mass is 9.83. The Hall–Kier alpha value is -3.44. The molecule has 0 bridgehead atoms. The standard InChI is InChI=1S/C26H23ClN2O3/c27-21-11-5-4-10-19(21)18(16-24(28)30)14-15-20(17-8-2-1-3-9-17)25(31)26-29-22-12-6-7-13-23(22)32-26/h1-13,18,20H,14-16H2,(H2,28,30). The van der Waals surface area contributed by atoms with Crippen LogP contribution in [-0.4, -0.2) is 16.7 Å². The van der Waals surface area contributed by atoms with E-state index in [1.165, 1.54) is 0 Å². The molecule has 5 nitrogen and oxygen atoms in total. The normalized spacial score (nSPS) is 13.0. The van der Waals surface area contributed by atoms with E-state index in [1.807, 2.05) is 66.7 Å². The first-order valence-corrected chi connectivity index (χ1v) is 10.9. The van der Waals surface area contributed by atoms with Crippen molar-refractivity contribution in [3.63, 3.8) is 0 Å². The van der Waals surface area contributed by atoms with Gasteiger partial charge >= 0.3 is 0 Å². The van der Waals surface area contributed by atoms with Crippen molar-refractivity contribution >= 4 is 34.4 Å². The summed E-state index contributed by atoms with van der Waals surface area (Å²) in [5, 5.41) is 0.584. The molecule has 0 fully saturated rings. The Morgan fingerprint density at radius 1 is 0.906 bits per heavy atom. The van der Waals surface area contributed by atoms with Crippen molar-refractivity contribution < 1.29 is 14.0 Å². The number of oxazole rings is 1. The molecule has 162 valence electrons. The van der Waals surface area contributed by atoms with Gasteiger partial charge in [-0.1, -0.05) is 72.3 Å². The lowest BCUT2D eigenvalue weighted by molar-refractivity contribution is -0.118. The summed E-state index contributed by atoms with van der Waals surface area (Å²) < 4.78 is 5.75. The second kappa shape index (κ2) is 9.79. The zero-order valence-corrected chi connectivity index (χ0v) is 18.2. The van der Waals surface area contributed by atoms with E-state index in [9.17, 15) is 9.59 Å². The Bertz CT molecular complexity index is 1200. The summed E-state index contributed by atoms with van der Waals surface area (Å²) in [5.74, 6) is -1.17. The maximum atomic E-state index is 13.5. The summed E-state index contributed by atoms with van der Waals surface area (Å²) >= 11 is 6.39. The number of amides is 1. The Labute approximate surface area is 191 Å². The topological polar surface area (TPSA) is 86.2 Å². The number of fused-ring (bicyclic) bond motifs is 1. The summed E-state index contributed by atoms with van der Waals surface area (Å²) in [7, 11) is 0. The van der Waals surface area contributed by atoms with Gasteiger partial charge in [0.2, 0.25) is 11.7 Å². The van der Waals surface area contributed by atoms with E-state index in [0.29, 0.717) is 29.0 Å². The minimum absolute atomic E-state index is 0.0873. The molecule has 1 heterocycles. The van der Waals surface area contributed by atoms with Crippen molar-refractivity contribution in [1.82, 2.24) is 4.98 Å². The molecule has 0 radical (unpaired) electrons. The van der Waals surface area contributed by atoms with Crippen molar-refractivity contribution in [3.8, 4) is 0 Å². The molecule has 0 aliphatic heterocycles. The van der Waals surface area contributed by atoms with Crippen LogP contribution in [0, 0.1) is 0 Å². The zero-order valence-electron chi connectivity index (χ0n) is 17.4. The van der Waals surface area contributed by atoms with Crippen LogP contribution in [0.5, 0.6) is 0 Å². The van der Waals surface area contributed by atoms with Crippen molar-refractivity contribution in [3.05, 3.63) is 101 Å². The molecular weight excluding hydrogens is 424 g/mol. The quantitative estimate of drug-likeness (QED) is 0.325. The van der Waals surface area contributed by atoms with Gasteiger partial charge in [0.25, 0.3) is 5.89 Å². The number of halogens is 1. The predicted molar refractivity (Wildman–Crippen MR) is 125 cm³/mol. The molecule has 0 saturated carbocycles. The first-order valence-electron chi connectivity index (χ1n) is 10.5. The Morgan fingerprint density at radius 3 is 2.31 bits per heavy atom. The minimum Gasteiger partial charge on any atom is -0.434 e. The molecule has 0 aliphatic rings. The van der Waals surface area contributed by atoms with Gasteiger partial charge in [-0.25, -0.2) is 4.98 Å². The van der Waals surface area contributed by atoms with Crippen LogP contribution in [0.2, 0.25) is 5.02 Å². The molecule has 2 atom stereocenters. The number of para-hydroxylation sites is 2. The van der Waals surface area contributed by atoms with Crippen LogP contribution in [0.15, 0.2) is 83.3 Å². The van der Waals surface area contributed by atoms with Gasteiger partial charge in [-0.15, -0.1) is 0 Å². The second-order valence-electron chi connectivity index (χ2n) is 7.78. The van der Waals surface area contributed by atoms with E-state index in [-0.39, 0.29) is 24.0 Å². The molecule has 0 aliphatic carbocycles. The average Bonchev–Trinajstić information content (AvgIpc) is 3.23. The molecule has 0 saturated heterocycles. The molecule has 2 N–H and O–H groups in total. The fourth-order valence-corrected chi connectivity index (χ4v) is 4.34. The third-order valence-corrected chi connectivity index (χ3v) is 5.96. The summed E-state index contributed by atoms with van der Waals surface area (Å²) in [5.41, 5.74) is 8.46. The minimum atomic E-state index is -0.470. The number of Topliss-reactive ketones (excluding diaryl/α,β-unsaturated/α-hetero) is 1. The summed E-state index contributed by atoms with van der Waals surface area (Å²) in [6, 6.07) is 24.3. The van der Waals surface area contributed by atoms with E-state index in [0.717, 1.165) is 11.1 Å². The predicted octanol–water partition coefficient (Wildman–Crippen LogP) is 5.89. The summed E-state index contributed by atoms with van der Waals surface area (Å²) in [6.07, 6.45) is 1.20. The first kappa shape index (κ1) is 21.8. The second-order valence-corrected chi connectivity index (χ2v) is 8.19. The number of benzene rings is 3. The molecule has 1 aromatic heterocycles. The number of hydrogen-bond donors (Lipinski definition) is 1. The highest BCUT2D eigenvalue weighted by Crippen LogP contribution is 2.35. The van der Waals surface area contributed by atoms with Gasteiger partial charge in [0.1, 0.15) is 5.52 Å². The molecule has 3 aromatic carbocycles. The van der Waals surface area contributed by atoms with Gasteiger partial charge in [0.05, 0.1) is 5.92 Å². The van der Waals surface area contributed by atoms with Gasteiger partial charge in [0.15, 0.2) is 5.58 Å². The van der Waals surface area contributed by atoms with Crippen LogP contribution < -0.4 is 5.73 Å². The molecule has 0 spiro atoms. The van der Waals surface area contributed by atoms with Crippen molar-refractivity contribution in [1.29, 1.82) is 0 Å². The van der Waals surface area contributed by atoms with Crippen molar-refractivity contribution in [2.24, 2.45) is 5.73 Å². The fourth-order valence-electron chi connectivity index (χ4n) is 4.05. The fraction of sp³-hybridized carbons (Fsp3) is 0.192. The van der Waals surface area contributed by atoms with Crippen LogP contribution in [0.4, 0.5) is 0 Å². The summed E-state index contributed by atoms with van der Waals surface area (Å²) in [4.78, 5) is 29.6. The molecule has 1 amide bonds. The highest BCUT2D eigenvalue weighted by atomic mass is 35.5. The Balaban J connectivity index is 1.63. The van der Waals surface area contributed by atoms with E-state index in [1.54, 1.807) is 12.1 Å². The Morgan fingerprint density at radius 2 is 1.59 bits per heavy atom. The van der Waals surface area contributed by atoms with Gasteiger partial charge in [-0.3, -0.25) is 9.59 Å². The number of primary amides is 1. The third kappa shape index (κ3) is 4.89. The van der Waals surface area contributed by atoms with E-state index in [2.05, 4.69) is 4.98 Å². The maximum absolute atomic E-state index is 13.5. The summed E-state index contributed by atoms with van der Waals surface area (Å²) in [6.45, 7) is 0. The van der Waals surface area contributed by atoms with Gasteiger partial charge in [0, 0.05) is 11.4 Å². The molecule has 2 unspecified atom stereocenters. The SMILES string of the molecule is NC(=O)CC(CCC(C(=O)c1nc2ccccc2o1)c1ccccc1)c1ccccc1Cl. The van der Waals surface area contributed by atoms with E-state index < -0.39 is 11.8 Å². The Kier molecular flexibility index (Phi) is 6.66. The maximum Gasteiger partial charge on any atom is 0.264 e. The number of aromatic nitrogens is 1. The van der Waals surface area contributed by atoms with Crippen LogP contribution in [0.1, 0.15) is 52.9 Å². The monoisotopic (exact) mass is 446 g/mol. The number of rotatable bonds is 9. The van der Waals surface area contributed by atoms with Crippen LogP contribution in [0.3, 0.4) is 0 Å². The number of carbonyl (C=O) groups is 2. The lowest BCUT2D eigenvalue weighted by Gasteiger charge is -2.21. The number of ketones is 1. The van der Waals surface area contributed by atoms with Crippen molar-refractivity contribution in [2.75, 3.05) is 0 Å². The highest BCUT2D eigenvalue weighted by molar-refractivity contribution is 6.31. The first-order chi connectivity index (χ1) is 15.5. The molecular formula is C26H23ClN2O3.